The minimum Gasteiger partial charge on any atom is -0.297 e. The van der Waals surface area contributed by atoms with Crippen LogP contribution in [0.2, 0.25) is 0 Å². The predicted molar refractivity (Wildman–Crippen MR) is 111 cm³/mol. The summed E-state index contributed by atoms with van der Waals surface area (Å²) in [5, 5.41) is 14.3. The molecule has 0 aliphatic rings. The molecule has 0 spiro atoms. The summed E-state index contributed by atoms with van der Waals surface area (Å²) >= 11 is 2.26. The number of thiophene rings is 1. The van der Waals surface area contributed by atoms with E-state index < -0.39 is 10.8 Å². The highest BCUT2D eigenvalue weighted by atomic mass is 32.1. The van der Waals surface area contributed by atoms with Gasteiger partial charge in [-0.05, 0) is 24.3 Å². The van der Waals surface area contributed by atoms with Crippen molar-refractivity contribution in [2.45, 2.75) is 0 Å². The summed E-state index contributed by atoms with van der Waals surface area (Å²) in [5.41, 5.74) is 0.778. The molecule has 0 saturated heterocycles. The number of fused-ring (bicyclic) bond motifs is 3. The lowest BCUT2D eigenvalue weighted by Gasteiger charge is -1.97. The van der Waals surface area contributed by atoms with Crippen LogP contribution in [0.4, 0.5) is 10.8 Å². The van der Waals surface area contributed by atoms with Crippen LogP contribution in [0.25, 0.3) is 26.1 Å². The first-order valence-corrected chi connectivity index (χ1v) is 9.90. The second-order valence-corrected chi connectivity index (χ2v) is 8.12. The fourth-order valence-corrected chi connectivity index (χ4v) is 4.72. The van der Waals surface area contributed by atoms with Gasteiger partial charge in [0.05, 0.1) is 25.4 Å². The van der Waals surface area contributed by atoms with Crippen molar-refractivity contribution in [3.05, 3.63) is 74.0 Å². The highest BCUT2D eigenvalue weighted by Gasteiger charge is 2.17. The van der Waals surface area contributed by atoms with Gasteiger partial charge in [0.15, 0.2) is 5.13 Å². The molecule has 29 heavy (non-hydrogen) atoms. The third-order valence-corrected chi connectivity index (χ3v) is 6.20. The molecule has 0 aliphatic carbocycles. The molecule has 0 bridgehead atoms. The average Bonchev–Trinajstić information content (AvgIpc) is 3.31. The van der Waals surface area contributed by atoms with Gasteiger partial charge < -0.3 is 0 Å². The highest BCUT2D eigenvalue weighted by Crippen LogP contribution is 2.30. The molecule has 0 fully saturated rings. The SMILES string of the molecule is O=C(Nc1nc2ccc([N+](=O)[O-])cc2s1)c1cc2c(=O)n3ccccc3nc2s1. The summed E-state index contributed by atoms with van der Waals surface area (Å²) in [6, 6.07) is 11.1. The Kier molecular flexibility index (Phi) is 3.86. The first-order chi connectivity index (χ1) is 14.0. The third-order valence-electron chi connectivity index (χ3n) is 4.24. The number of nitro groups is 1. The highest BCUT2D eigenvalue weighted by molar-refractivity contribution is 7.23. The van der Waals surface area contributed by atoms with Gasteiger partial charge in [0, 0.05) is 18.3 Å². The van der Waals surface area contributed by atoms with Crippen molar-refractivity contribution >= 4 is 65.5 Å². The Bertz CT molecular complexity index is 1520. The number of nitrogens with zero attached hydrogens (tertiary/aromatic N) is 4. The fourth-order valence-electron chi connectivity index (χ4n) is 2.90. The van der Waals surface area contributed by atoms with Gasteiger partial charge in [-0.15, -0.1) is 11.3 Å². The van der Waals surface area contributed by atoms with Crippen molar-refractivity contribution in [2.75, 3.05) is 5.32 Å². The van der Waals surface area contributed by atoms with E-state index in [1.165, 1.54) is 28.7 Å². The van der Waals surface area contributed by atoms with Crippen LogP contribution in [0, 0.1) is 10.1 Å². The summed E-state index contributed by atoms with van der Waals surface area (Å²) in [6.07, 6.45) is 1.63. The van der Waals surface area contributed by atoms with E-state index in [-0.39, 0.29) is 11.2 Å². The Hall–Kier alpha value is -3.70. The number of anilines is 1. The van der Waals surface area contributed by atoms with Crippen LogP contribution in [0.5, 0.6) is 0 Å². The van der Waals surface area contributed by atoms with Gasteiger partial charge in [0.1, 0.15) is 10.5 Å². The summed E-state index contributed by atoms with van der Waals surface area (Å²) < 4.78 is 2.02. The first kappa shape index (κ1) is 17.4. The molecule has 0 aliphatic heterocycles. The molecule has 5 rings (SSSR count). The van der Waals surface area contributed by atoms with Crippen LogP contribution in [-0.4, -0.2) is 25.2 Å². The minimum atomic E-state index is -0.482. The molecule has 5 aromatic rings. The molecule has 0 radical (unpaired) electrons. The molecule has 1 N–H and O–H groups in total. The number of thiazole rings is 1. The number of pyridine rings is 1. The number of amides is 1. The van der Waals surface area contributed by atoms with Crippen LogP contribution >= 0.6 is 22.7 Å². The lowest BCUT2D eigenvalue weighted by molar-refractivity contribution is -0.384. The lowest BCUT2D eigenvalue weighted by atomic mass is 10.3. The number of carbonyl (C=O) groups excluding carboxylic acids is 1. The maximum atomic E-state index is 12.7. The number of rotatable bonds is 3. The summed E-state index contributed by atoms with van der Waals surface area (Å²) in [7, 11) is 0. The van der Waals surface area contributed by atoms with Crippen LogP contribution in [0.1, 0.15) is 9.67 Å². The number of hydrogen-bond acceptors (Lipinski definition) is 8. The van der Waals surface area contributed by atoms with Gasteiger partial charge in [-0.1, -0.05) is 17.4 Å². The van der Waals surface area contributed by atoms with E-state index in [2.05, 4.69) is 15.3 Å². The van der Waals surface area contributed by atoms with Crippen molar-refractivity contribution in [1.82, 2.24) is 14.4 Å². The number of benzene rings is 1. The summed E-state index contributed by atoms with van der Waals surface area (Å²) in [5.74, 6) is -0.421. The number of nitrogens with one attached hydrogen (secondary N) is 1. The van der Waals surface area contributed by atoms with Crippen LogP contribution < -0.4 is 10.9 Å². The third kappa shape index (κ3) is 2.92. The molecule has 11 heteroatoms. The van der Waals surface area contributed by atoms with Gasteiger partial charge >= 0.3 is 0 Å². The normalized spacial score (nSPS) is 11.3. The van der Waals surface area contributed by atoms with Gasteiger partial charge in [0.2, 0.25) is 0 Å². The molecule has 9 nitrogen and oxygen atoms in total. The van der Waals surface area contributed by atoms with Crippen molar-refractivity contribution in [3.63, 3.8) is 0 Å². The molecule has 142 valence electrons. The van der Waals surface area contributed by atoms with Crippen molar-refractivity contribution in [2.24, 2.45) is 0 Å². The second kappa shape index (κ2) is 6.43. The fraction of sp³-hybridized carbons (Fsp3) is 0. The molecule has 4 aromatic heterocycles. The van der Waals surface area contributed by atoms with Crippen LogP contribution in [0.3, 0.4) is 0 Å². The van der Waals surface area contributed by atoms with Gasteiger partial charge in [-0.25, -0.2) is 9.97 Å². The van der Waals surface area contributed by atoms with Crippen LogP contribution in [0.15, 0.2) is 53.5 Å². The Morgan fingerprint density at radius 2 is 2.00 bits per heavy atom. The minimum absolute atomic E-state index is 0.0397. The molecule has 4 heterocycles. The monoisotopic (exact) mass is 423 g/mol. The molecule has 0 unspecified atom stereocenters. The zero-order chi connectivity index (χ0) is 20.1. The summed E-state index contributed by atoms with van der Waals surface area (Å²) in [4.78, 5) is 45.2. The number of non-ortho nitro benzene ring substituents is 1. The Balaban J connectivity index is 1.50. The number of aromatic nitrogens is 3. The zero-order valence-electron chi connectivity index (χ0n) is 14.4. The number of nitro benzene ring substituents is 1. The van der Waals surface area contributed by atoms with E-state index in [0.717, 1.165) is 22.7 Å². The molecular weight excluding hydrogens is 414 g/mol. The largest absolute Gasteiger partial charge is 0.297 e. The topological polar surface area (TPSA) is 119 Å². The standard InChI is InChI=1S/C18H9N5O4S2/c24-15(21-18-19-11-5-4-9(23(26)27)7-12(11)29-18)13-8-10-16(28-13)20-14-3-1-2-6-22(14)17(10)25/h1-8H,(H,19,21,24). The van der Waals surface area contributed by atoms with E-state index in [1.807, 2.05) is 0 Å². The molecule has 1 amide bonds. The maximum absolute atomic E-state index is 12.7. The van der Waals surface area contributed by atoms with Crippen molar-refractivity contribution in [3.8, 4) is 0 Å². The second-order valence-electron chi connectivity index (χ2n) is 6.06. The van der Waals surface area contributed by atoms with E-state index in [4.69, 9.17) is 0 Å². The van der Waals surface area contributed by atoms with E-state index in [9.17, 15) is 19.7 Å². The first-order valence-electron chi connectivity index (χ1n) is 8.27. The van der Waals surface area contributed by atoms with Gasteiger partial charge in [-0.3, -0.25) is 29.4 Å². The van der Waals surface area contributed by atoms with Crippen molar-refractivity contribution < 1.29 is 9.72 Å². The predicted octanol–water partition coefficient (Wildman–Crippen LogP) is 3.68. The zero-order valence-corrected chi connectivity index (χ0v) is 16.0. The number of hydrogen-bond donors (Lipinski definition) is 1. The number of carbonyl (C=O) groups is 1. The van der Waals surface area contributed by atoms with Crippen molar-refractivity contribution in [1.29, 1.82) is 0 Å². The lowest BCUT2D eigenvalue weighted by Crippen LogP contribution is -2.13. The van der Waals surface area contributed by atoms with E-state index >= 15 is 0 Å². The Morgan fingerprint density at radius 3 is 2.83 bits per heavy atom. The molecule has 0 saturated carbocycles. The quantitative estimate of drug-likeness (QED) is 0.349. The Morgan fingerprint density at radius 1 is 1.14 bits per heavy atom. The molecular formula is C18H9N5O4S2. The van der Waals surface area contributed by atoms with Gasteiger partial charge in [-0.2, -0.15) is 0 Å². The van der Waals surface area contributed by atoms with Crippen LogP contribution in [-0.2, 0) is 0 Å². The van der Waals surface area contributed by atoms with Gasteiger partial charge in [0.25, 0.3) is 17.2 Å². The molecule has 1 aromatic carbocycles. The summed E-state index contributed by atoms with van der Waals surface area (Å²) in [6.45, 7) is 0. The Labute approximate surface area is 169 Å². The average molecular weight is 423 g/mol. The van der Waals surface area contributed by atoms with E-state index in [0.29, 0.717) is 36.1 Å². The molecule has 0 atom stereocenters. The maximum Gasteiger partial charge on any atom is 0.270 e. The van der Waals surface area contributed by atoms with E-state index in [1.54, 1.807) is 24.4 Å². The smallest absolute Gasteiger partial charge is 0.270 e.